The van der Waals surface area contributed by atoms with Crippen LogP contribution in [0.5, 0.6) is 0 Å². The van der Waals surface area contributed by atoms with Crippen LogP contribution >= 0.6 is 0 Å². The fraction of sp³-hybridized carbons (Fsp3) is 0.389. The highest BCUT2D eigenvalue weighted by Gasteiger charge is 2.57. The normalized spacial score (nSPS) is 25.5. The molecule has 0 bridgehead atoms. The number of esters is 1. The standard InChI is InChI=1S/C18H21BN6O5/c1-23-18(27)24-12-20-15(16(24)21-22-23)17(26)28-11-13-3-5-14(6-4-13)19-25(2,7-9-29-19)8-10-30-19/h3-6,12H,7-11H2,1-2H3. The van der Waals surface area contributed by atoms with E-state index in [1.807, 2.05) is 24.3 Å². The Labute approximate surface area is 171 Å². The van der Waals surface area contributed by atoms with Crippen molar-refractivity contribution in [2.24, 2.45) is 7.05 Å². The van der Waals surface area contributed by atoms with E-state index in [0.717, 1.165) is 37.6 Å². The first-order valence-corrected chi connectivity index (χ1v) is 9.73. The number of rotatable bonds is 4. The first-order chi connectivity index (χ1) is 14.4. The minimum atomic E-state index is -1.53. The summed E-state index contributed by atoms with van der Waals surface area (Å²) < 4.78 is 20.5. The molecule has 0 radical (unpaired) electrons. The highest BCUT2D eigenvalue weighted by Crippen LogP contribution is 2.31. The Balaban J connectivity index is 1.31. The molecule has 2 aromatic heterocycles. The van der Waals surface area contributed by atoms with Crippen LogP contribution in [0.15, 0.2) is 35.4 Å². The minimum absolute atomic E-state index is 0.0502. The number of carbonyl (C=O) groups is 1. The Morgan fingerprint density at radius 1 is 1.23 bits per heavy atom. The lowest BCUT2D eigenvalue weighted by atomic mass is 9.61. The van der Waals surface area contributed by atoms with E-state index in [0.29, 0.717) is 13.2 Å². The SMILES string of the molecule is Cn1nnc2c(C(=O)OCc3ccc([B-]45OCC[N+]4(C)CCO5)cc3)ncn2c1=O. The Morgan fingerprint density at radius 3 is 2.63 bits per heavy atom. The molecule has 2 fully saturated rings. The van der Waals surface area contributed by atoms with E-state index in [-0.39, 0.29) is 17.9 Å². The van der Waals surface area contributed by atoms with Gasteiger partial charge < -0.3 is 18.4 Å². The molecule has 0 aliphatic carbocycles. The maximum Gasteiger partial charge on any atom is 0.502 e. The second kappa shape index (κ2) is 6.72. The van der Waals surface area contributed by atoms with Crippen LogP contribution in [-0.4, -0.2) is 74.8 Å². The van der Waals surface area contributed by atoms with Crippen molar-refractivity contribution in [3.8, 4) is 0 Å². The van der Waals surface area contributed by atoms with Crippen LogP contribution < -0.4 is 11.2 Å². The van der Waals surface area contributed by atoms with Gasteiger partial charge in [-0.1, -0.05) is 34.9 Å². The molecule has 5 rings (SSSR count). The highest BCUT2D eigenvalue weighted by atomic mass is 16.6. The lowest BCUT2D eigenvalue weighted by Crippen LogP contribution is -2.67. The Hall–Kier alpha value is -3.09. The van der Waals surface area contributed by atoms with Gasteiger partial charge in [0.15, 0.2) is 11.3 Å². The van der Waals surface area contributed by atoms with Crippen molar-refractivity contribution >= 4 is 23.8 Å². The summed E-state index contributed by atoms with van der Waals surface area (Å²) in [5, 5.41) is 7.54. The Morgan fingerprint density at radius 2 is 1.93 bits per heavy atom. The zero-order valence-corrected chi connectivity index (χ0v) is 16.7. The van der Waals surface area contributed by atoms with Crippen LogP contribution in [0.4, 0.5) is 0 Å². The molecule has 11 nitrogen and oxygen atoms in total. The molecule has 0 amide bonds. The van der Waals surface area contributed by atoms with E-state index >= 15 is 0 Å². The first-order valence-electron chi connectivity index (χ1n) is 9.73. The molecule has 0 spiro atoms. The van der Waals surface area contributed by atoms with Gasteiger partial charge in [0.05, 0.1) is 26.3 Å². The maximum absolute atomic E-state index is 12.4. The van der Waals surface area contributed by atoms with Gasteiger partial charge in [0, 0.05) is 14.1 Å². The highest BCUT2D eigenvalue weighted by molar-refractivity contribution is 6.75. The molecule has 0 saturated carbocycles. The van der Waals surface area contributed by atoms with Crippen molar-refractivity contribution in [1.29, 1.82) is 0 Å². The number of imidazole rings is 1. The molecular weight excluding hydrogens is 391 g/mol. The largest absolute Gasteiger partial charge is 0.505 e. The predicted octanol–water partition coefficient (Wildman–Crippen LogP) is -1.17. The molecule has 0 N–H and O–H groups in total. The molecule has 1 aromatic carbocycles. The van der Waals surface area contributed by atoms with E-state index in [9.17, 15) is 9.59 Å². The monoisotopic (exact) mass is 412 g/mol. The third-order valence-corrected chi connectivity index (χ3v) is 6.18. The Bertz CT molecular complexity index is 1180. The molecule has 0 unspecified atom stereocenters. The number of fused-ring (bicyclic) bond motifs is 2. The second-order valence-electron chi connectivity index (χ2n) is 7.94. The summed E-state index contributed by atoms with van der Waals surface area (Å²) in [6.07, 6.45) is 1.23. The van der Waals surface area contributed by atoms with Gasteiger partial charge in [-0.05, 0) is 5.56 Å². The van der Waals surface area contributed by atoms with Crippen LogP contribution in [0.25, 0.3) is 5.65 Å². The number of aryl methyl sites for hydroxylation is 1. The average Bonchev–Trinajstić information content (AvgIpc) is 3.40. The molecule has 30 heavy (non-hydrogen) atoms. The van der Waals surface area contributed by atoms with E-state index in [4.69, 9.17) is 14.0 Å². The van der Waals surface area contributed by atoms with Crippen LogP contribution in [0.3, 0.4) is 0 Å². The van der Waals surface area contributed by atoms with Crippen molar-refractivity contribution in [1.82, 2.24) is 24.4 Å². The summed E-state index contributed by atoms with van der Waals surface area (Å²) in [4.78, 5) is 28.4. The number of quaternary nitrogens is 1. The van der Waals surface area contributed by atoms with Gasteiger partial charge in [-0.15, -0.1) is 5.10 Å². The summed E-state index contributed by atoms with van der Waals surface area (Å²) in [6, 6.07) is 7.73. The molecule has 2 saturated heterocycles. The number of likely N-dealkylation sites (N-methyl/N-ethyl adjacent to an activating group) is 1. The van der Waals surface area contributed by atoms with E-state index in [1.54, 1.807) is 0 Å². The van der Waals surface area contributed by atoms with E-state index < -0.39 is 18.3 Å². The van der Waals surface area contributed by atoms with Crippen LogP contribution in [0, 0.1) is 0 Å². The predicted molar refractivity (Wildman–Crippen MR) is 105 cm³/mol. The summed E-state index contributed by atoms with van der Waals surface area (Å²) in [7, 11) is 3.63. The zero-order chi connectivity index (χ0) is 20.9. The second-order valence-corrected chi connectivity index (χ2v) is 7.94. The quantitative estimate of drug-likeness (QED) is 0.390. The smallest absolute Gasteiger partial charge is 0.502 e. The number of nitrogens with zero attached hydrogens (tertiary/aromatic N) is 6. The van der Waals surface area contributed by atoms with Crippen molar-refractivity contribution < 1.29 is 23.2 Å². The van der Waals surface area contributed by atoms with Gasteiger partial charge in [0.25, 0.3) is 0 Å². The summed E-state index contributed by atoms with van der Waals surface area (Å²) in [5.41, 5.74) is 1.39. The van der Waals surface area contributed by atoms with Gasteiger partial charge in [-0.25, -0.2) is 19.0 Å². The van der Waals surface area contributed by atoms with Crippen molar-refractivity contribution in [3.05, 3.63) is 52.3 Å². The van der Waals surface area contributed by atoms with E-state index in [2.05, 4.69) is 22.3 Å². The van der Waals surface area contributed by atoms with Gasteiger partial charge in [-0.2, -0.15) is 4.68 Å². The number of benzene rings is 1. The van der Waals surface area contributed by atoms with Crippen molar-refractivity contribution in [2.75, 3.05) is 33.4 Å². The number of hydrogen-bond donors (Lipinski definition) is 0. The molecular formula is C18H21BN6O5. The molecule has 0 atom stereocenters. The molecule has 12 heteroatoms. The summed E-state index contributed by atoms with van der Waals surface area (Å²) >= 11 is 0. The number of aromatic nitrogens is 5. The zero-order valence-electron chi connectivity index (χ0n) is 16.7. The summed E-state index contributed by atoms with van der Waals surface area (Å²) in [5.74, 6) is -0.672. The molecule has 156 valence electrons. The van der Waals surface area contributed by atoms with Gasteiger partial charge in [0.1, 0.15) is 12.9 Å². The fourth-order valence-corrected chi connectivity index (χ4v) is 4.35. The molecule has 4 heterocycles. The fourth-order valence-electron chi connectivity index (χ4n) is 4.35. The van der Waals surface area contributed by atoms with E-state index in [1.165, 1.54) is 13.4 Å². The minimum Gasteiger partial charge on any atom is -0.505 e. The van der Waals surface area contributed by atoms with Gasteiger partial charge in [0.2, 0.25) is 0 Å². The van der Waals surface area contributed by atoms with Crippen LogP contribution in [0.2, 0.25) is 0 Å². The average molecular weight is 412 g/mol. The Kier molecular flexibility index (Phi) is 4.24. The van der Waals surface area contributed by atoms with Crippen molar-refractivity contribution in [3.63, 3.8) is 0 Å². The maximum atomic E-state index is 12.4. The van der Waals surface area contributed by atoms with Gasteiger partial charge >= 0.3 is 18.3 Å². The van der Waals surface area contributed by atoms with Crippen molar-refractivity contribution in [2.45, 2.75) is 6.61 Å². The number of ether oxygens (including phenoxy) is 1. The lowest BCUT2D eigenvalue weighted by Gasteiger charge is -2.43. The van der Waals surface area contributed by atoms with Gasteiger partial charge in [-0.3, -0.25) is 0 Å². The summed E-state index contributed by atoms with van der Waals surface area (Å²) in [6.45, 7) is 1.76. The number of carbonyl (C=O) groups excluding carboxylic acids is 1. The molecule has 2 aliphatic rings. The third-order valence-electron chi connectivity index (χ3n) is 6.18. The molecule has 2 aliphatic heterocycles. The third kappa shape index (κ3) is 2.68. The number of hydrogen-bond acceptors (Lipinski definition) is 8. The molecule has 3 aromatic rings. The van der Waals surface area contributed by atoms with Crippen LogP contribution in [0.1, 0.15) is 16.1 Å². The van der Waals surface area contributed by atoms with Crippen LogP contribution in [-0.2, 0) is 27.7 Å². The first kappa shape index (κ1) is 18.9. The lowest BCUT2D eigenvalue weighted by molar-refractivity contribution is -0.798. The topological polar surface area (TPSA) is 110 Å².